The van der Waals surface area contributed by atoms with Crippen molar-refractivity contribution in [1.82, 2.24) is 4.90 Å². The molecule has 148 valence electrons. The van der Waals surface area contributed by atoms with Gasteiger partial charge in [0, 0.05) is 50.4 Å². The topological polar surface area (TPSA) is 46.6 Å². The molecule has 0 spiro atoms. The van der Waals surface area contributed by atoms with Gasteiger partial charge in [-0.2, -0.15) is 0 Å². The van der Waals surface area contributed by atoms with Gasteiger partial charge >= 0.3 is 5.97 Å². The molecule has 2 atom stereocenters. The van der Waals surface area contributed by atoms with E-state index in [0.29, 0.717) is 12.8 Å². The molecule has 1 aliphatic rings. The number of hydrogen-bond acceptors (Lipinski definition) is 4. The minimum absolute atomic E-state index is 0.144. The van der Waals surface area contributed by atoms with Gasteiger partial charge in [-0.15, -0.1) is 0 Å². The SMILES string of the molecule is CCC(=O)O[C@@]1(c2ccccc2)CCN(CCC(=O)c2ccccc2)C[C@@H]1C. The second kappa shape index (κ2) is 9.16. The lowest BCUT2D eigenvalue weighted by Crippen LogP contribution is -2.51. The molecule has 0 N–H and O–H groups in total. The van der Waals surface area contributed by atoms with E-state index in [2.05, 4.69) is 11.8 Å². The number of carbonyl (C=O) groups excluding carboxylic acids is 2. The standard InChI is InChI=1S/C24H29NO3/c1-3-23(27)28-24(21-12-8-5-9-13-21)15-17-25(18-19(24)2)16-14-22(26)20-10-6-4-7-11-20/h4-13,19H,3,14-18H2,1-2H3/t19-,24-/m0/s1. The molecule has 0 bridgehead atoms. The Labute approximate surface area is 167 Å². The third-order valence-corrected chi connectivity index (χ3v) is 5.73. The van der Waals surface area contributed by atoms with Gasteiger partial charge in [0.1, 0.15) is 5.60 Å². The van der Waals surface area contributed by atoms with Crippen LogP contribution < -0.4 is 0 Å². The predicted octanol–water partition coefficient (Wildman–Crippen LogP) is 4.45. The molecule has 4 heteroatoms. The van der Waals surface area contributed by atoms with Crippen molar-refractivity contribution in [2.24, 2.45) is 5.92 Å². The van der Waals surface area contributed by atoms with Gasteiger partial charge < -0.3 is 9.64 Å². The Hall–Kier alpha value is -2.46. The van der Waals surface area contributed by atoms with Crippen LogP contribution >= 0.6 is 0 Å². The highest BCUT2D eigenvalue weighted by Crippen LogP contribution is 2.41. The quantitative estimate of drug-likeness (QED) is 0.527. The summed E-state index contributed by atoms with van der Waals surface area (Å²) in [5.41, 5.74) is 1.24. The molecule has 4 nitrogen and oxygen atoms in total. The van der Waals surface area contributed by atoms with E-state index in [-0.39, 0.29) is 17.7 Å². The highest BCUT2D eigenvalue weighted by Gasteiger charge is 2.45. The fourth-order valence-electron chi connectivity index (χ4n) is 4.06. The summed E-state index contributed by atoms with van der Waals surface area (Å²) in [6.45, 7) is 6.30. The van der Waals surface area contributed by atoms with Crippen molar-refractivity contribution in [3.8, 4) is 0 Å². The number of rotatable bonds is 7. The van der Waals surface area contributed by atoms with E-state index >= 15 is 0 Å². The van der Waals surface area contributed by atoms with Crippen LogP contribution in [0.5, 0.6) is 0 Å². The van der Waals surface area contributed by atoms with E-state index in [9.17, 15) is 9.59 Å². The van der Waals surface area contributed by atoms with Crippen molar-refractivity contribution in [1.29, 1.82) is 0 Å². The lowest BCUT2D eigenvalue weighted by molar-refractivity contribution is -0.175. The molecule has 0 unspecified atom stereocenters. The van der Waals surface area contributed by atoms with E-state index in [1.165, 1.54) is 0 Å². The van der Waals surface area contributed by atoms with Gasteiger partial charge in [0.05, 0.1) is 0 Å². The molecule has 2 aromatic rings. The van der Waals surface area contributed by atoms with Crippen LogP contribution in [-0.4, -0.2) is 36.3 Å². The normalized spacial score (nSPS) is 22.6. The number of ketones is 1. The number of benzene rings is 2. The van der Waals surface area contributed by atoms with Gasteiger partial charge in [-0.25, -0.2) is 0 Å². The summed E-state index contributed by atoms with van der Waals surface area (Å²) in [6, 6.07) is 19.5. The van der Waals surface area contributed by atoms with E-state index in [0.717, 1.165) is 37.2 Å². The van der Waals surface area contributed by atoms with Crippen molar-refractivity contribution in [2.45, 2.75) is 38.7 Å². The first-order chi connectivity index (χ1) is 13.5. The van der Waals surface area contributed by atoms with Crippen molar-refractivity contribution >= 4 is 11.8 Å². The number of carbonyl (C=O) groups is 2. The van der Waals surface area contributed by atoms with Gasteiger partial charge in [0.2, 0.25) is 0 Å². The van der Waals surface area contributed by atoms with Crippen LogP contribution in [0, 0.1) is 5.92 Å². The third-order valence-electron chi connectivity index (χ3n) is 5.73. The zero-order valence-corrected chi connectivity index (χ0v) is 16.8. The molecule has 1 saturated heterocycles. The third kappa shape index (κ3) is 4.50. The fourth-order valence-corrected chi connectivity index (χ4v) is 4.06. The molecule has 0 saturated carbocycles. The van der Waals surface area contributed by atoms with E-state index in [1.807, 2.05) is 67.6 Å². The van der Waals surface area contributed by atoms with Gasteiger partial charge in [-0.05, 0) is 5.56 Å². The first-order valence-electron chi connectivity index (χ1n) is 10.1. The highest BCUT2D eigenvalue weighted by molar-refractivity contribution is 5.96. The summed E-state index contributed by atoms with van der Waals surface area (Å²) in [5.74, 6) is 0.153. The first kappa shape index (κ1) is 20.3. The molecule has 1 heterocycles. The molecule has 1 fully saturated rings. The molecule has 1 aliphatic heterocycles. The number of Topliss-reactive ketones (excluding diaryl/α,β-unsaturated/α-hetero) is 1. The highest BCUT2D eigenvalue weighted by atomic mass is 16.6. The Morgan fingerprint density at radius 3 is 2.32 bits per heavy atom. The second-order valence-corrected chi connectivity index (χ2v) is 7.57. The van der Waals surface area contributed by atoms with E-state index in [1.54, 1.807) is 0 Å². The second-order valence-electron chi connectivity index (χ2n) is 7.57. The minimum Gasteiger partial charge on any atom is -0.454 e. The Bertz CT molecular complexity index is 790. The van der Waals surface area contributed by atoms with Crippen LogP contribution in [-0.2, 0) is 15.1 Å². The summed E-state index contributed by atoms with van der Waals surface area (Å²) in [7, 11) is 0. The lowest BCUT2D eigenvalue weighted by Gasteiger charge is -2.46. The Morgan fingerprint density at radius 2 is 1.71 bits per heavy atom. The first-order valence-corrected chi connectivity index (χ1v) is 10.1. The number of esters is 1. The zero-order chi connectivity index (χ0) is 20.0. The number of ether oxygens (including phenoxy) is 1. The zero-order valence-electron chi connectivity index (χ0n) is 16.8. The monoisotopic (exact) mass is 379 g/mol. The molecular weight excluding hydrogens is 350 g/mol. The lowest BCUT2D eigenvalue weighted by atomic mass is 9.76. The maximum absolute atomic E-state index is 12.4. The maximum Gasteiger partial charge on any atom is 0.306 e. The van der Waals surface area contributed by atoms with Crippen molar-refractivity contribution in [2.75, 3.05) is 19.6 Å². The Kier molecular flexibility index (Phi) is 6.63. The summed E-state index contributed by atoms with van der Waals surface area (Å²) in [4.78, 5) is 26.9. The average molecular weight is 380 g/mol. The van der Waals surface area contributed by atoms with Crippen molar-refractivity contribution in [3.05, 3.63) is 71.8 Å². The molecule has 0 amide bonds. The van der Waals surface area contributed by atoms with Crippen LogP contribution in [0.4, 0.5) is 0 Å². The molecule has 28 heavy (non-hydrogen) atoms. The molecule has 3 rings (SSSR count). The van der Waals surface area contributed by atoms with Gasteiger partial charge in [-0.3, -0.25) is 9.59 Å². The van der Waals surface area contributed by atoms with Crippen LogP contribution in [0.2, 0.25) is 0 Å². The summed E-state index contributed by atoms with van der Waals surface area (Å²) in [6.07, 6.45) is 1.61. The molecule has 0 aliphatic carbocycles. The Morgan fingerprint density at radius 1 is 1.07 bits per heavy atom. The molecule has 0 aromatic heterocycles. The van der Waals surface area contributed by atoms with Gasteiger partial charge in [0.15, 0.2) is 5.78 Å². The largest absolute Gasteiger partial charge is 0.454 e. The maximum atomic E-state index is 12.4. The summed E-state index contributed by atoms with van der Waals surface area (Å²) >= 11 is 0. The number of nitrogens with zero attached hydrogens (tertiary/aromatic N) is 1. The van der Waals surface area contributed by atoms with E-state index < -0.39 is 5.60 Å². The van der Waals surface area contributed by atoms with E-state index in [4.69, 9.17) is 4.74 Å². The van der Waals surface area contributed by atoms with Gasteiger partial charge in [-0.1, -0.05) is 74.5 Å². The van der Waals surface area contributed by atoms with Crippen molar-refractivity contribution < 1.29 is 14.3 Å². The van der Waals surface area contributed by atoms with Crippen LogP contribution in [0.1, 0.15) is 49.0 Å². The molecular formula is C24H29NO3. The summed E-state index contributed by atoms with van der Waals surface area (Å²) < 4.78 is 6.04. The molecule has 0 radical (unpaired) electrons. The van der Waals surface area contributed by atoms with Crippen LogP contribution in [0.15, 0.2) is 60.7 Å². The molecule has 2 aromatic carbocycles. The predicted molar refractivity (Wildman–Crippen MR) is 110 cm³/mol. The van der Waals surface area contributed by atoms with Crippen LogP contribution in [0.3, 0.4) is 0 Å². The number of hydrogen-bond donors (Lipinski definition) is 0. The van der Waals surface area contributed by atoms with Crippen molar-refractivity contribution in [3.63, 3.8) is 0 Å². The number of piperidine rings is 1. The van der Waals surface area contributed by atoms with Crippen LogP contribution in [0.25, 0.3) is 0 Å². The fraction of sp³-hybridized carbons (Fsp3) is 0.417. The van der Waals surface area contributed by atoms with Gasteiger partial charge in [0.25, 0.3) is 0 Å². The Balaban J connectivity index is 1.67. The number of likely N-dealkylation sites (tertiary alicyclic amines) is 1. The smallest absolute Gasteiger partial charge is 0.306 e. The average Bonchev–Trinajstić information content (AvgIpc) is 2.75. The summed E-state index contributed by atoms with van der Waals surface area (Å²) in [5, 5.41) is 0. The minimum atomic E-state index is -0.589.